The molecule has 3 rings (SSSR count). The van der Waals surface area contributed by atoms with E-state index in [0.717, 1.165) is 4.31 Å². The van der Waals surface area contributed by atoms with Crippen molar-refractivity contribution < 1.29 is 27.2 Å². The standard InChI is InChI=1S/C21H23FN4O5S/c22-17-5-1-14(2-6-17)11-16(20(23)28)12-25-21(29)15-3-7-18(8-4-15)32(30,31)26-10-9-24-19(27)13-26/h1-8,16H,9-13H2,(H2,23,28)(H,24,27)(H,25,29). The van der Waals surface area contributed by atoms with Crippen LogP contribution >= 0.6 is 0 Å². The molecule has 0 aromatic heterocycles. The van der Waals surface area contributed by atoms with Gasteiger partial charge in [-0.15, -0.1) is 0 Å². The van der Waals surface area contributed by atoms with Crippen LogP contribution in [0.5, 0.6) is 0 Å². The molecule has 0 radical (unpaired) electrons. The molecule has 4 N–H and O–H groups in total. The van der Waals surface area contributed by atoms with E-state index >= 15 is 0 Å². The van der Waals surface area contributed by atoms with Crippen molar-refractivity contribution in [1.29, 1.82) is 0 Å². The minimum atomic E-state index is -3.86. The average Bonchev–Trinajstić information content (AvgIpc) is 2.77. The highest BCUT2D eigenvalue weighted by molar-refractivity contribution is 7.89. The smallest absolute Gasteiger partial charge is 0.251 e. The van der Waals surface area contributed by atoms with E-state index in [9.17, 15) is 27.2 Å². The number of nitrogens with zero attached hydrogens (tertiary/aromatic N) is 1. The Morgan fingerprint density at radius 1 is 1.12 bits per heavy atom. The zero-order valence-corrected chi connectivity index (χ0v) is 17.9. The Kier molecular flexibility index (Phi) is 7.21. The average molecular weight is 463 g/mol. The van der Waals surface area contributed by atoms with E-state index in [4.69, 9.17) is 5.73 Å². The third-order valence-corrected chi connectivity index (χ3v) is 6.92. The van der Waals surface area contributed by atoms with E-state index in [0.29, 0.717) is 5.56 Å². The lowest BCUT2D eigenvalue weighted by atomic mass is 9.98. The van der Waals surface area contributed by atoms with E-state index in [2.05, 4.69) is 10.6 Å². The number of rotatable bonds is 8. The second-order valence-electron chi connectivity index (χ2n) is 7.35. The van der Waals surface area contributed by atoms with E-state index in [1.807, 2.05) is 0 Å². The summed E-state index contributed by atoms with van der Waals surface area (Å²) >= 11 is 0. The number of halogens is 1. The van der Waals surface area contributed by atoms with Crippen molar-refractivity contribution in [3.05, 3.63) is 65.5 Å². The summed E-state index contributed by atoms with van der Waals surface area (Å²) in [5.74, 6) is -2.58. The molecule has 11 heteroatoms. The maximum Gasteiger partial charge on any atom is 0.251 e. The lowest BCUT2D eigenvalue weighted by Gasteiger charge is -2.25. The predicted octanol–water partition coefficient (Wildman–Crippen LogP) is 0.0202. The summed E-state index contributed by atoms with van der Waals surface area (Å²) < 4.78 is 39.5. The largest absolute Gasteiger partial charge is 0.369 e. The lowest BCUT2D eigenvalue weighted by molar-refractivity contribution is -0.123. The number of hydrogen-bond donors (Lipinski definition) is 3. The number of primary amides is 1. The molecule has 170 valence electrons. The van der Waals surface area contributed by atoms with Gasteiger partial charge in [-0.25, -0.2) is 12.8 Å². The molecule has 1 heterocycles. The highest BCUT2D eigenvalue weighted by Gasteiger charge is 2.29. The number of carbonyl (C=O) groups excluding carboxylic acids is 3. The minimum absolute atomic E-state index is 0.0323. The van der Waals surface area contributed by atoms with Crippen molar-refractivity contribution in [2.24, 2.45) is 11.7 Å². The third kappa shape index (κ3) is 5.68. The Hall–Kier alpha value is -3.31. The summed E-state index contributed by atoms with van der Waals surface area (Å²) in [5, 5.41) is 5.17. The first kappa shape index (κ1) is 23.4. The lowest BCUT2D eigenvalue weighted by Crippen LogP contribution is -2.49. The van der Waals surface area contributed by atoms with Gasteiger partial charge in [-0.05, 0) is 48.4 Å². The van der Waals surface area contributed by atoms with Crippen LogP contribution in [0.3, 0.4) is 0 Å². The van der Waals surface area contributed by atoms with Crippen LogP contribution in [-0.4, -0.2) is 56.6 Å². The van der Waals surface area contributed by atoms with Crippen LogP contribution < -0.4 is 16.4 Å². The molecule has 32 heavy (non-hydrogen) atoms. The van der Waals surface area contributed by atoms with Crippen LogP contribution in [0.4, 0.5) is 4.39 Å². The molecular formula is C21H23FN4O5S. The Morgan fingerprint density at radius 3 is 2.38 bits per heavy atom. The maximum atomic E-state index is 13.0. The van der Waals surface area contributed by atoms with Gasteiger partial charge >= 0.3 is 0 Å². The summed E-state index contributed by atoms with van der Waals surface area (Å²) in [5.41, 5.74) is 6.32. The molecule has 3 amide bonds. The number of sulfonamides is 1. The Morgan fingerprint density at radius 2 is 1.78 bits per heavy atom. The number of hydrogen-bond acceptors (Lipinski definition) is 5. The van der Waals surface area contributed by atoms with Gasteiger partial charge in [-0.3, -0.25) is 14.4 Å². The Labute approximate surface area is 184 Å². The number of carbonyl (C=O) groups is 3. The predicted molar refractivity (Wildman–Crippen MR) is 113 cm³/mol. The summed E-state index contributed by atoms with van der Waals surface area (Å²) in [6, 6.07) is 10.9. The summed E-state index contributed by atoms with van der Waals surface area (Å²) in [6.45, 7) is 0.109. The molecule has 2 aromatic rings. The van der Waals surface area contributed by atoms with Crippen molar-refractivity contribution in [1.82, 2.24) is 14.9 Å². The maximum absolute atomic E-state index is 13.0. The first-order valence-electron chi connectivity index (χ1n) is 9.85. The van der Waals surface area contributed by atoms with Crippen LogP contribution in [0, 0.1) is 11.7 Å². The molecule has 0 aliphatic carbocycles. The van der Waals surface area contributed by atoms with E-state index < -0.39 is 33.6 Å². The first-order chi connectivity index (χ1) is 15.2. The van der Waals surface area contributed by atoms with Crippen molar-refractivity contribution in [3.8, 4) is 0 Å². The highest BCUT2D eigenvalue weighted by atomic mass is 32.2. The molecule has 0 spiro atoms. The Balaban J connectivity index is 1.62. The third-order valence-electron chi connectivity index (χ3n) is 5.06. The molecule has 1 aliphatic rings. The zero-order chi connectivity index (χ0) is 23.3. The van der Waals surface area contributed by atoms with Crippen molar-refractivity contribution in [2.75, 3.05) is 26.2 Å². The second-order valence-corrected chi connectivity index (χ2v) is 9.29. The van der Waals surface area contributed by atoms with E-state index in [1.165, 1.54) is 48.5 Å². The van der Waals surface area contributed by atoms with Crippen molar-refractivity contribution >= 4 is 27.7 Å². The molecule has 1 fully saturated rings. The number of nitrogens with two attached hydrogens (primary N) is 1. The van der Waals surface area contributed by atoms with Gasteiger partial charge in [-0.2, -0.15) is 4.31 Å². The van der Waals surface area contributed by atoms with Gasteiger partial charge in [0.15, 0.2) is 0 Å². The quantitative estimate of drug-likeness (QED) is 0.508. The first-order valence-corrected chi connectivity index (χ1v) is 11.3. The van der Waals surface area contributed by atoms with Crippen LogP contribution in [0.15, 0.2) is 53.4 Å². The van der Waals surface area contributed by atoms with E-state index in [1.54, 1.807) is 0 Å². The molecule has 2 aromatic carbocycles. The van der Waals surface area contributed by atoms with E-state index in [-0.39, 0.29) is 49.0 Å². The van der Waals surface area contributed by atoms with Crippen LogP contribution in [0.2, 0.25) is 0 Å². The molecule has 0 bridgehead atoms. The van der Waals surface area contributed by atoms with Gasteiger partial charge in [0.05, 0.1) is 17.4 Å². The highest BCUT2D eigenvalue weighted by Crippen LogP contribution is 2.17. The molecule has 1 unspecified atom stereocenters. The topological polar surface area (TPSA) is 139 Å². The second kappa shape index (κ2) is 9.88. The number of nitrogens with one attached hydrogen (secondary N) is 2. The van der Waals surface area contributed by atoms with Crippen LogP contribution in [-0.2, 0) is 26.0 Å². The molecule has 1 aliphatic heterocycles. The van der Waals surface area contributed by atoms with Crippen molar-refractivity contribution in [2.45, 2.75) is 11.3 Å². The molecule has 1 saturated heterocycles. The Bertz CT molecular complexity index is 1100. The summed E-state index contributed by atoms with van der Waals surface area (Å²) in [4.78, 5) is 35.6. The monoisotopic (exact) mass is 462 g/mol. The summed E-state index contributed by atoms with van der Waals surface area (Å²) in [7, 11) is -3.86. The minimum Gasteiger partial charge on any atom is -0.369 e. The van der Waals surface area contributed by atoms with Gasteiger partial charge in [0, 0.05) is 25.2 Å². The normalized spacial score (nSPS) is 15.6. The number of amides is 3. The fourth-order valence-corrected chi connectivity index (χ4v) is 4.64. The molecule has 0 saturated carbocycles. The van der Waals surface area contributed by atoms with Gasteiger partial charge in [0.1, 0.15) is 5.82 Å². The van der Waals surface area contributed by atoms with Gasteiger partial charge in [-0.1, -0.05) is 12.1 Å². The molecule has 9 nitrogen and oxygen atoms in total. The SMILES string of the molecule is NC(=O)C(CNC(=O)c1ccc(S(=O)(=O)N2CCNC(=O)C2)cc1)Cc1ccc(F)cc1. The molecular weight excluding hydrogens is 439 g/mol. The van der Waals surface area contributed by atoms with Gasteiger partial charge in [0.25, 0.3) is 5.91 Å². The molecule has 1 atom stereocenters. The number of benzene rings is 2. The fourth-order valence-electron chi connectivity index (χ4n) is 3.24. The van der Waals surface area contributed by atoms with Gasteiger partial charge < -0.3 is 16.4 Å². The number of piperazine rings is 1. The van der Waals surface area contributed by atoms with Crippen molar-refractivity contribution in [3.63, 3.8) is 0 Å². The van der Waals surface area contributed by atoms with Crippen LogP contribution in [0.25, 0.3) is 0 Å². The zero-order valence-electron chi connectivity index (χ0n) is 17.1. The summed E-state index contributed by atoms with van der Waals surface area (Å²) in [6.07, 6.45) is 0.233. The van der Waals surface area contributed by atoms with Gasteiger partial charge in [0.2, 0.25) is 21.8 Å². The van der Waals surface area contributed by atoms with Crippen LogP contribution in [0.1, 0.15) is 15.9 Å². The fraction of sp³-hybridized carbons (Fsp3) is 0.286.